The molecule has 0 aromatic rings. The first-order chi connectivity index (χ1) is 5.66. The fourth-order valence-electron chi connectivity index (χ4n) is 1.27. The summed E-state index contributed by atoms with van der Waals surface area (Å²) in [6.45, 7) is 7.47. The topological polar surface area (TPSA) is 26.0 Å². The lowest BCUT2D eigenvalue weighted by Gasteiger charge is -2.08. The van der Waals surface area contributed by atoms with Crippen LogP contribution in [0.5, 0.6) is 0 Å². The molecule has 1 nitrogen and oxygen atoms in total. The molecule has 0 bridgehead atoms. The van der Waals surface area contributed by atoms with Crippen molar-refractivity contribution in [3.05, 3.63) is 11.6 Å². The Bertz CT molecular complexity index is 123. The average molecular weight is 169 g/mol. The second-order valence-electron chi connectivity index (χ2n) is 3.89. The number of hydrogen-bond acceptors (Lipinski definition) is 1. The summed E-state index contributed by atoms with van der Waals surface area (Å²) in [5, 5.41) is 0. The van der Waals surface area contributed by atoms with E-state index in [4.69, 9.17) is 5.73 Å². The lowest BCUT2D eigenvalue weighted by atomic mass is 9.99. The summed E-state index contributed by atoms with van der Waals surface area (Å²) in [5.74, 6) is 0.837. The van der Waals surface area contributed by atoms with Gasteiger partial charge in [0, 0.05) is 0 Å². The van der Waals surface area contributed by atoms with E-state index in [1.807, 2.05) is 0 Å². The van der Waals surface area contributed by atoms with Gasteiger partial charge in [-0.2, -0.15) is 0 Å². The number of nitrogens with two attached hydrogens (primary N) is 1. The molecule has 12 heavy (non-hydrogen) atoms. The van der Waals surface area contributed by atoms with Crippen LogP contribution in [0.1, 0.15) is 46.5 Å². The Morgan fingerprint density at radius 1 is 1.33 bits per heavy atom. The van der Waals surface area contributed by atoms with Gasteiger partial charge in [0.25, 0.3) is 0 Å². The minimum absolute atomic E-state index is 0.837. The standard InChI is InChI=1S/C11H23N/c1-10(2)6-4-7-11(3)8-5-9-12/h6,11H,4-5,7-9,12H2,1-3H3/t11-/m1/s1. The van der Waals surface area contributed by atoms with Crippen molar-refractivity contribution in [2.75, 3.05) is 6.54 Å². The van der Waals surface area contributed by atoms with Gasteiger partial charge in [0.05, 0.1) is 0 Å². The van der Waals surface area contributed by atoms with E-state index < -0.39 is 0 Å². The summed E-state index contributed by atoms with van der Waals surface area (Å²) in [4.78, 5) is 0. The van der Waals surface area contributed by atoms with Crippen LogP contribution in [0.2, 0.25) is 0 Å². The van der Waals surface area contributed by atoms with Crippen molar-refractivity contribution in [1.29, 1.82) is 0 Å². The molecule has 0 saturated heterocycles. The minimum atomic E-state index is 0.837. The zero-order valence-electron chi connectivity index (χ0n) is 8.77. The van der Waals surface area contributed by atoms with E-state index in [1.54, 1.807) is 0 Å². The van der Waals surface area contributed by atoms with Crippen LogP contribution in [0.25, 0.3) is 0 Å². The lowest BCUT2D eigenvalue weighted by molar-refractivity contribution is 0.482. The molecule has 0 saturated carbocycles. The molecule has 0 radical (unpaired) electrons. The van der Waals surface area contributed by atoms with Crippen LogP contribution >= 0.6 is 0 Å². The van der Waals surface area contributed by atoms with E-state index >= 15 is 0 Å². The van der Waals surface area contributed by atoms with Crippen molar-refractivity contribution >= 4 is 0 Å². The summed E-state index contributed by atoms with van der Waals surface area (Å²) >= 11 is 0. The molecule has 0 aliphatic rings. The summed E-state index contributed by atoms with van der Waals surface area (Å²) in [5.41, 5.74) is 6.87. The van der Waals surface area contributed by atoms with E-state index in [-0.39, 0.29) is 0 Å². The molecule has 0 unspecified atom stereocenters. The molecule has 0 amide bonds. The molecule has 2 N–H and O–H groups in total. The Morgan fingerprint density at radius 2 is 2.00 bits per heavy atom. The van der Waals surface area contributed by atoms with Gasteiger partial charge in [0.15, 0.2) is 0 Å². The quantitative estimate of drug-likeness (QED) is 0.607. The zero-order valence-corrected chi connectivity index (χ0v) is 8.77. The van der Waals surface area contributed by atoms with Crippen LogP contribution in [0, 0.1) is 5.92 Å². The van der Waals surface area contributed by atoms with Crippen molar-refractivity contribution in [3.63, 3.8) is 0 Å². The maximum atomic E-state index is 5.44. The molecule has 1 atom stereocenters. The van der Waals surface area contributed by atoms with Crippen molar-refractivity contribution in [3.8, 4) is 0 Å². The highest BCUT2D eigenvalue weighted by Gasteiger charge is 1.99. The first kappa shape index (κ1) is 11.7. The van der Waals surface area contributed by atoms with Crippen molar-refractivity contribution < 1.29 is 0 Å². The second-order valence-corrected chi connectivity index (χ2v) is 3.89. The summed E-state index contributed by atoms with van der Waals surface area (Å²) in [6.07, 6.45) is 7.32. The predicted molar refractivity (Wildman–Crippen MR) is 56.1 cm³/mol. The third-order valence-electron chi connectivity index (χ3n) is 2.11. The van der Waals surface area contributed by atoms with Gasteiger partial charge in [-0.15, -0.1) is 0 Å². The highest BCUT2D eigenvalue weighted by molar-refractivity contribution is 4.92. The van der Waals surface area contributed by atoms with Gasteiger partial charge in [-0.3, -0.25) is 0 Å². The molecule has 0 spiro atoms. The van der Waals surface area contributed by atoms with Crippen molar-refractivity contribution in [1.82, 2.24) is 0 Å². The number of rotatable bonds is 6. The maximum Gasteiger partial charge on any atom is -0.00772 e. The van der Waals surface area contributed by atoms with Gasteiger partial charge in [-0.1, -0.05) is 18.6 Å². The largest absolute Gasteiger partial charge is 0.330 e. The second kappa shape index (κ2) is 7.35. The van der Waals surface area contributed by atoms with Gasteiger partial charge >= 0.3 is 0 Å². The molecule has 0 aliphatic heterocycles. The summed E-state index contributed by atoms with van der Waals surface area (Å²) in [7, 11) is 0. The van der Waals surface area contributed by atoms with E-state index in [0.717, 1.165) is 12.5 Å². The van der Waals surface area contributed by atoms with Gasteiger partial charge in [0.2, 0.25) is 0 Å². The third-order valence-corrected chi connectivity index (χ3v) is 2.11. The Morgan fingerprint density at radius 3 is 2.50 bits per heavy atom. The molecule has 72 valence electrons. The molecular formula is C11H23N. The van der Waals surface area contributed by atoms with Crippen LogP contribution in [-0.4, -0.2) is 6.54 Å². The lowest BCUT2D eigenvalue weighted by Crippen LogP contribution is -2.02. The minimum Gasteiger partial charge on any atom is -0.330 e. The molecule has 0 rings (SSSR count). The fourth-order valence-corrected chi connectivity index (χ4v) is 1.27. The molecule has 0 fully saturated rings. The maximum absolute atomic E-state index is 5.44. The molecule has 0 aromatic carbocycles. The van der Waals surface area contributed by atoms with Crippen LogP contribution in [-0.2, 0) is 0 Å². The van der Waals surface area contributed by atoms with Gasteiger partial charge < -0.3 is 5.73 Å². The Labute approximate surface area is 77.0 Å². The van der Waals surface area contributed by atoms with Crippen molar-refractivity contribution in [2.45, 2.75) is 46.5 Å². The smallest absolute Gasteiger partial charge is 0.00772 e. The Hall–Kier alpha value is -0.300. The molecule has 0 aromatic heterocycles. The first-order valence-corrected chi connectivity index (χ1v) is 5.00. The van der Waals surface area contributed by atoms with E-state index in [1.165, 1.54) is 31.3 Å². The zero-order chi connectivity index (χ0) is 9.40. The highest BCUT2D eigenvalue weighted by Crippen LogP contribution is 2.12. The van der Waals surface area contributed by atoms with E-state index in [2.05, 4.69) is 26.8 Å². The summed E-state index contributed by atoms with van der Waals surface area (Å²) in [6, 6.07) is 0. The van der Waals surface area contributed by atoms with E-state index in [0.29, 0.717) is 0 Å². The monoisotopic (exact) mass is 169 g/mol. The third kappa shape index (κ3) is 7.80. The Balaban J connectivity index is 3.31. The molecular weight excluding hydrogens is 146 g/mol. The van der Waals surface area contributed by atoms with Crippen molar-refractivity contribution in [2.24, 2.45) is 11.7 Å². The molecule has 0 heterocycles. The average Bonchev–Trinajstić information content (AvgIpc) is 2.00. The van der Waals surface area contributed by atoms with Gasteiger partial charge in [-0.25, -0.2) is 0 Å². The van der Waals surface area contributed by atoms with Crippen LogP contribution in [0.4, 0.5) is 0 Å². The number of hydrogen-bond donors (Lipinski definition) is 1. The van der Waals surface area contributed by atoms with Crippen LogP contribution < -0.4 is 5.73 Å². The van der Waals surface area contributed by atoms with Crippen LogP contribution in [0.15, 0.2) is 11.6 Å². The van der Waals surface area contributed by atoms with Gasteiger partial charge in [0.1, 0.15) is 0 Å². The summed E-state index contributed by atoms with van der Waals surface area (Å²) < 4.78 is 0. The highest BCUT2D eigenvalue weighted by atomic mass is 14.5. The normalized spacial score (nSPS) is 12.7. The predicted octanol–water partition coefficient (Wildman–Crippen LogP) is 3.11. The molecule has 0 aliphatic carbocycles. The van der Waals surface area contributed by atoms with E-state index in [9.17, 15) is 0 Å². The number of allylic oxidation sites excluding steroid dienone is 2. The van der Waals surface area contributed by atoms with Crippen LogP contribution in [0.3, 0.4) is 0 Å². The fraction of sp³-hybridized carbons (Fsp3) is 0.818. The first-order valence-electron chi connectivity index (χ1n) is 5.00. The molecule has 1 heteroatoms. The Kier molecular flexibility index (Phi) is 7.17. The SMILES string of the molecule is CC(C)=CCC[C@@H](C)CCCN. The van der Waals surface area contributed by atoms with Gasteiger partial charge in [-0.05, 0) is 52.0 Å².